The van der Waals surface area contributed by atoms with Gasteiger partial charge < -0.3 is 10.4 Å². The Bertz CT molecular complexity index is 517. The van der Waals surface area contributed by atoms with Crippen molar-refractivity contribution < 1.29 is 10.0 Å². The lowest BCUT2D eigenvalue weighted by molar-refractivity contribution is -0.384. The monoisotopic (exact) mass is 293 g/mol. The van der Waals surface area contributed by atoms with Crippen LogP contribution in [0.15, 0.2) is 18.2 Å². The topological polar surface area (TPSA) is 78.6 Å². The summed E-state index contributed by atoms with van der Waals surface area (Å²) < 4.78 is 0. The Hall–Kier alpha value is -1.66. The van der Waals surface area contributed by atoms with Crippen molar-refractivity contribution in [3.8, 4) is 0 Å². The SMILES string of the molecule is CNc1ccc(CN2CCCC(C)(O)CC2)cc1[N+](=O)[O-]. The van der Waals surface area contributed by atoms with Crippen molar-refractivity contribution in [1.82, 2.24) is 4.90 Å². The summed E-state index contributed by atoms with van der Waals surface area (Å²) in [5.41, 5.74) is 0.984. The first-order valence-corrected chi connectivity index (χ1v) is 7.31. The van der Waals surface area contributed by atoms with Gasteiger partial charge in [0.1, 0.15) is 5.69 Å². The van der Waals surface area contributed by atoms with Crippen molar-refractivity contribution in [2.24, 2.45) is 0 Å². The molecule has 2 N–H and O–H groups in total. The van der Waals surface area contributed by atoms with Gasteiger partial charge in [-0.05, 0) is 44.4 Å². The third-order valence-corrected chi connectivity index (χ3v) is 4.09. The summed E-state index contributed by atoms with van der Waals surface area (Å²) >= 11 is 0. The fourth-order valence-electron chi connectivity index (χ4n) is 2.77. The van der Waals surface area contributed by atoms with Crippen LogP contribution in [-0.4, -0.2) is 40.7 Å². The Kier molecular flexibility index (Phi) is 4.80. The number of hydrogen-bond acceptors (Lipinski definition) is 5. The highest BCUT2D eigenvalue weighted by Crippen LogP contribution is 2.27. The van der Waals surface area contributed by atoms with E-state index >= 15 is 0 Å². The molecule has 1 aromatic rings. The second-order valence-electron chi connectivity index (χ2n) is 5.99. The first-order chi connectivity index (χ1) is 9.91. The molecule has 0 saturated carbocycles. The second-order valence-corrected chi connectivity index (χ2v) is 5.99. The fraction of sp³-hybridized carbons (Fsp3) is 0.600. The number of nitro groups is 1. The molecule has 1 heterocycles. The van der Waals surface area contributed by atoms with Crippen molar-refractivity contribution >= 4 is 11.4 Å². The van der Waals surface area contributed by atoms with Crippen LogP contribution in [0.1, 0.15) is 31.7 Å². The second kappa shape index (κ2) is 6.41. The van der Waals surface area contributed by atoms with Gasteiger partial charge in [0.05, 0.1) is 10.5 Å². The maximum Gasteiger partial charge on any atom is 0.292 e. The standard InChI is InChI=1S/C15H23N3O3/c1-15(19)6-3-8-17(9-7-15)11-12-4-5-13(16-2)14(10-12)18(20)21/h4-5,10,16,19H,3,6-9,11H2,1-2H3. The van der Waals surface area contributed by atoms with Gasteiger partial charge in [-0.3, -0.25) is 15.0 Å². The van der Waals surface area contributed by atoms with Crippen LogP contribution in [0.5, 0.6) is 0 Å². The largest absolute Gasteiger partial charge is 0.390 e. The van der Waals surface area contributed by atoms with E-state index in [0.717, 1.165) is 37.9 Å². The minimum Gasteiger partial charge on any atom is -0.390 e. The van der Waals surface area contributed by atoms with Crippen molar-refractivity contribution in [1.29, 1.82) is 0 Å². The van der Waals surface area contributed by atoms with E-state index in [-0.39, 0.29) is 10.6 Å². The summed E-state index contributed by atoms with van der Waals surface area (Å²) in [5.74, 6) is 0. The van der Waals surface area contributed by atoms with Crippen LogP contribution in [0.2, 0.25) is 0 Å². The van der Waals surface area contributed by atoms with Gasteiger partial charge in [0.25, 0.3) is 5.69 Å². The highest BCUT2D eigenvalue weighted by molar-refractivity contribution is 5.62. The smallest absolute Gasteiger partial charge is 0.292 e. The number of hydrogen-bond donors (Lipinski definition) is 2. The molecule has 0 spiro atoms. The van der Waals surface area contributed by atoms with Crippen molar-refractivity contribution in [2.45, 2.75) is 38.3 Å². The number of anilines is 1. The van der Waals surface area contributed by atoms with Crippen LogP contribution < -0.4 is 5.32 Å². The molecule has 0 bridgehead atoms. The predicted molar refractivity (Wildman–Crippen MR) is 82.4 cm³/mol. The van der Waals surface area contributed by atoms with E-state index in [0.29, 0.717) is 12.2 Å². The molecule has 0 aromatic heterocycles. The minimum atomic E-state index is -0.587. The van der Waals surface area contributed by atoms with E-state index < -0.39 is 5.60 Å². The van der Waals surface area contributed by atoms with Crippen LogP contribution in [0.25, 0.3) is 0 Å². The lowest BCUT2D eigenvalue weighted by Crippen LogP contribution is -2.28. The zero-order valence-electron chi connectivity index (χ0n) is 12.6. The van der Waals surface area contributed by atoms with Gasteiger partial charge in [-0.2, -0.15) is 0 Å². The molecule has 6 nitrogen and oxygen atoms in total. The number of nitrogens with zero attached hydrogens (tertiary/aromatic N) is 2. The average molecular weight is 293 g/mol. The maximum atomic E-state index is 11.1. The molecule has 0 aliphatic carbocycles. The summed E-state index contributed by atoms with van der Waals surface area (Å²) in [6, 6.07) is 5.30. The van der Waals surface area contributed by atoms with Gasteiger partial charge >= 0.3 is 0 Å². The van der Waals surface area contributed by atoms with Crippen LogP contribution in [-0.2, 0) is 6.54 Å². The van der Waals surface area contributed by atoms with E-state index in [9.17, 15) is 15.2 Å². The van der Waals surface area contributed by atoms with Gasteiger partial charge in [0.2, 0.25) is 0 Å². The molecular weight excluding hydrogens is 270 g/mol. The van der Waals surface area contributed by atoms with E-state index in [4.69, 9.17) is 0 Å². The van der Waals surface area contributed by atoms with Crippen molar-refractivity contribution in [3.63, 3.8) is 0 Å². The molecule has 6 heteroatoms. The molecule has 1 saturated heterocycles. The van der Waals surface area contributed by atoms with Gasteiger partial charge in [-0.15, -0.1) is 0 Å². The zero-order valence-corrected chi connectivity index (χ0v) is 12.6. The Morgan fingerprint density at radius 2 is 2.19 bits per heavy atom. The summed E-state index contributed by atoms with van der Waals surface area (Å²) in [4.78, 5) is 13.0. The maximum absolute atomic E-state index is 11.1. The number of aliphatic hydroxyl groups is 1. The fourth-order valence-corrected chi connectivity index (χ4v) is 2.77. The molecule has 0 radical (unpaired) electrons. The first kappa shape index (κ1) is 15.7. The lowest BCUT2D eigenvalue weighted by Gasteiger charge is -2.22. The van der Waals surface area contributed by atoms with Gasteiger partial charge in [-0.25, -0.2) is 0 Å². The quantitative estimate of drug-likeness (QED) is 0.658. The molecular formula is C15H23N3O3. The third kappa shape index (κ3) is 4.15. The minimum absolute atomic E-state index is 0.108. The molecule has 1 aromatic carbocycles. The summed E-state index contributed by atoms with van der Waals surface area (Å²) in [7, 11) is 1.68. The Morgan fingerprint density at radius 1 is 1.43 bits per heavy atom. The summed E-state index contributed by atoms with van der Waals surface area (Å²) in [6.45, 7) is 4.29. The molecule has 116 valence electrons. The normalized spacial score (nSPS) is 23.6. The molecule has 1 aliphatic heterocycles. The summed E-state index contributed by atoms with van der Waals surface area (Å²) in [6.07, 6.45) is 2.50. The van der Waals surface area contributed by atoms with Crippen LogP contribution in [0, 0.1) is 10.1 Å². The summed E-state index contributed by atoms with van der Waals surface area (Å²) in [5, 5.41) is 24.0. The lowest BCUT2D eigenvalue weighted by atomic mass is 9.98. The molecule has 0 amide bonds. The number of benzene rings is 1. The van der Waals surface area contributed by atoms with Crippen LogP contribution >= 0.6 is 0 Å². The van der Waals surface area contributed by atoms with E-state index in [2.05, 4.69) is 10.2 Å². The van der Waals surface area contributed by atoms with Gasteiger partial charge in [-0.1, -0.05) is 6.07 Å². The Labute approximate surface area is 124 Å². The zero-order chi connectivity index (χ0) is 15.5. The van der Waals surface area contributed by atoms with Gasteiger partial charge in [0, 0.05) is 26.2 Å². The molecule has 1 atom stereocenters. The van der Waals surface area contributed by atoms with Gasteiger partial charge in [0.15, 0.2) is 0 Å². The molecule has 21 heavy (non-hydrogen) atoms. The Balaban J connectivity index is 2.09. The molecule has 1 aliphatic rings. The number of likely N-dealkylation sites (tertiary alicyclic amines) is 1. The van der Waals surface area contributed by atoms with Crippen LogP contribution in [0.4, 0.5) is 11.4 Å². The highest BCUT2D eigenvalue weighted by atomic mass is 16.6. The van der Waals surface area contributed by atoms with Crippen LogP contribution in [0.3, 0.4) is 0 Å². The molecule has 1 fully saturated rings. The number of nitrogens with one attached hydrogen (secondary N) is 1. The number of rotatable bonds is 4. The highest BCUT2D eigenvalue weighted by Gasteiger charge is 2.25. The predicted octanol–water partition coefficient (Wildman–Crippen LogP) is 2.37. The van der Waals surface area contributed by atoms with Crippen molar-refractivity contribution in [2.75, 3.05) is 25.5 Å². The van der Waals surface area contributed by atoms with E-state index in [1.54, 1.807) is 19.2 Å². The molecule has 2 rings (SSSR count). The van der Waals surface area contributed by atoms with E-state index in [1.165, 1.54) is 0 Å². The van der Waals surface area contributed by atoms with E-state index in [1.807, 2.05) is 13.0 Å². The van der Waals surface area contributed by atoms with Crippen molar-refractivity contribution in [3.05, 3.63) is 33.9 Å². The molecule has 1 unspecified atom stereocenters. The first-order valence-electron chi connectivity index (χ1n) is 7.31. The average Bonchev–Trinajstić information content (AvgIpc) is 2.60. The number of nitro benzene ring substituents is 1. The Morgan fingerprint density at radius 3 is 2.86 bits per heavy atom. The third-order valence-electron chi connectivity index (χ3n) is 4.09.